The summed E-state index contributed by atoms with van der Waals surface area (Å²) in [5, 5.41) is 0. The van der Waals surface area contributed by atoms with Gasteiger partial charge >= 0.3 is 5.97 Å². The third-order valence-electron chi connectivity index (χ3n) is 7.21. The molecular weight excluding hydrogens is 543 g/mol. The minimum atomic E-state index is -0.432. The number of esters is 1. The van der Waals surface area contributed by atoms with Crippen LogP contribution in [0.25, 0.3) is 0 Å². The Morgan fingerprint density at radius 1 is 1.12 bits per heavy atom. The van der Waals surface area contributed by atoms with Crippen molar-refractivity contribution in [1.82, 2.24) is 0 Å². The van der Waals surface area contributed by atoms with Crippen LogP contribution in [0.5, 0.6) is 0 Å². The van der Waals surface area contributed by atoms with Crippen molar-refractivity contribution in [2.45, 2.75) is 116 Å². The summed E-state index contributed by atoms with van der Waals surface area (Å²) in [7, 11) is 0. The molecule has 6 heteroatoms. The SMILES string of the molecule is CCCCCCCC1(CC[C@@H]2C(CC=CCCCC(=O)OC(C)C)C(=O)C[C@H]2CI)OCCO1. The molecule has 0 amide bonds. The molecule has 0 aromatic heterocycles. The van der Waals surface area contributed by atoms with Crippen molar-refractivity contribution in [2.24, 2.45) is 17.8 Å². The Morgan fingerprint density at radius 2 is 1.85 bits per heavy atom. The van der Waals surface area contributed by atoms with Gasteiger partial charge < -0.3 is 14.2 Å². The van der Waals surface area contributed by atoms with Crippen LogP contribution in [0.3, 0.4) is 0 Å². The molecule has 0 radical (unpaired) electrons. The van der Waals surface area contributed by atoms with Crippen LogP contribution in [0.4, 0.5) is 0 Å². The highest BCUT2D eigenvalue weighted by molar-refractivity contribution is 14.1. The lowest BCUT2D eigenvalue weighted by Gasteiger charge is -2.31. The number of halogens is 1. The molecule has 2 aliphatic rings. The molecule has 2 fully saturated rings. The zero-order valence-electron chi connectivity index (χ0n) is 21.7. The van der Waals surface area contributed by atoms with Crippen LogP contribution >= 0.6 is 22.6 Å². The Bertz CT molecular complexity index is 626. The van der Waals surface area contributed by atoms with Crippen molar-refractivity contribution < 1.29 is 23.8 Å². The fourth-order valence-corrected chi connectivity index (χ4v) is 6.35. The number of allylic oxidation sites excluding steroid dienone is 2. The van der Waals surface area contributed by atoms with Crippen molar-refractivity contribution in [1.29, 1.82) is 0 Å². The van der Waals surface area contributed by atoms with E-state index in [0.717, 1.165) is 49.4 Å². The van der Waals surface area contributed by atoms with Gasteiger partial charge in [0, 0.05) is 36.0 Å². The number of unbranched alkanes of at least 4 members (excludes halogenated alkanes) is 5. The lowest BCUT2D eigenvalue weighted by molar-refractivity contribution is -0.171. The predicted molar refractivity (Wildman–Crippen MR) is 145 cm³/mol. The number of ether oxygens (including phenoxy) is 3. The van der Waals surface area contributed by atoms with Gasteiger partial charge in [0.1, 0.15) is 5.78 Å². The largest absolute Gasteiger partial charge is 0.463 e. The maximum Gasteiger partial charge on any atom is 0.306 e. The minimum Gasteiger partial charge on any atom is -0.463 e. The van der Waals surface area contributed by atoms with Gasteiger partial charge in [0.05, 0.1) is 19.3 Å². The number of rotatable bonds is 17. The molecular formula is C28H47IO5. The molecule has 1 aliphatic carbocycles. The highest BCUT2D eigenvalue weighted by Gasteiger charge is 2.43. The first kappa shape index (κ1) is 29.8. The van der Waals surface area contributed by atoms with E-state index in [1.165, 1.54) is 25.7 Å². The van der Waals surface area contributed by atoms with E-state index >= 15 is 0 Å². The molecule has 0 bridgehead atoms. The Hall–Kier alpha value is -0.470. The number of hydrogen-bond donors (Lipinski definition) is 0. The molecule has 1 heterocycles. The Kier molecular flexibility index (Phi) is 14.3. The van der Waals surface area contributed by atoms with Crippen LogP contribution in [0.1, 0.15) is 104 Å². The molecule has 34 heavy (non-hydrogen) atoms. The molecule has 2 rings (SSSR count). The monoisotopic (exact) mass is 590 g/mol. The average molecular weight is 591 g/mol. The van der Waals surface area contributed by atoms with E-state index in [2.05, 4.69) is 41.7 Å². The fraction of sp³-hybridized carbons (Fsp3) is 0.857. The summed E-state index contributed by atoms with van der Waals surface area (Å²) in [5.41, 5.74) is 0. The highest BCUT2D eigenvalue weighted by Crippen LogP contribution is 2.43. The number of carbonyl (C=O) groups is 2. The van der Waals surface area contributed by atoms with Crippen molar-refractivity contribution in [3.63, 3.8) is 0 Å². The Balaban J connectivity index is 1.83. The van der Waals surface area contributed by atoms with Crippen molar-refractivity contribution in [3.05, 3.63) is 12.2 Å². The first-order valence-corrected chi connectivity index (χ1v) is 15.1. The van der Waals surface area contributed by atoms with Gasteiger partial charge in [0.25, 0.3) is 0 Å². The van der Waals surface area contributed by atoms with Crippen LogP contribution < -0.4 is 0 Å². The van der Waals surface area contributed by atoms with Gasteiger partial charge in [0.2, 0.25) is 0 Å². The van der Waals surface area contributed by atoms with Gasteiger partial charge in [-0.3, -0.25) is 9.59 Å². The molecule has 0 N–H and O–H groups in total. The standard InChI is InChI=1S/C28H47IO5/c1-4-5-6-9-12-16-28(32-18-19-33-28)17-15-24-23(21-29)20-26(30)25(24)13-10-7-8-11-14-27(31)34-22(2)3/h7,10,22-25H,4-6,8-9,11-21H2,1-3H3/t23-,24-,25?/m0/s1. The van der Waals surface area contributed by atoms with Crippen LogP contribution in [0.15, 0.2) is 12.2 Å². The topological polar surface area (TPSA) is 61.8 Å². The Morgan fingerprint density at radius 3 is 2.53 bits per heavy atom. The fourth-order valence-electron chi connectivity index (χ4n) is 5.38. The molecule has 0 spiro atoms. The second-order valence-corrected chi connectivity index (χ2v) is 11.2. The van der Waals surface area contributed by atoms with E-state index in [-0.39, 0.29) is 18.0 Å². The first-order valence-electron chi connectivity index (χ1n) is 13.6. The second-order valence-electron chi connectivity index (χ2n) is 10.3. The van der Waals surface area contributed by atoms with E-state index < -0.39 is 5.79 Å². The van der Waals surface area contributed by atoms with Gasteiger partial charge in [0.15, 0.2) is 5.79 Å². The number of alkyl halides is 1. The van der Waals surface area contributed by atoms with Crippen LogP contribution in [-0.2, 0) is 23.8 Å². The zero-order chi connectivity index (χ0) is 24.8. The summed E-state index contributed by atoms with van der Waals surface area (Å²) in [6.45, 7) is 7.36. The normalized spacial score (nSPS) is 24.5. The average Bonchev–Trinajstić information content (AvgIpc) is 3.38. The van der Waals surface area contributed by atoms with Crippen LogP contribution in [0, 0.1) is 17.8 Å². The smallest absolute Gasteiger partial charge is 0.306 e. The molecule has 1 saturated heterocycles. The molecule has 3 atom stereocenters. The Labute approximate surface area is 221 Å². The van der Waals surface area contributed by atoms with Crippen LogP contribution in [0.2, 0.25) is 0 Å². The number of hydrogen-bond acceptors (Lipinski definition) is 5. The minimum absolute atomic E-state index is 0.0561. The molecule has 1 saturated carbocycles. The lowest BCUT2D eigenvalue weighted by atomic mass is 9.82. The van der Waals surface area contributed by atoms with E-state index in [4.69, 9.17) is 14.2 Å². The number of Topliss-reactive ketones (excluding diaryl/α,β-unsaturated/α-hetero) is 1. The summed E-state index contributed by atoms with van der Waals surface area (Å²) in [5.74, 6) is 0.817. The molecule has 1 unspecified atom stereocenters. The maximum absolute atomic E-state index is 12.9. The molecule has 1 aliphatic heterocycles. The lowest BCUT2D eigenvalue weighted by Crippen LogP contribution is -2.32. The van der Waals surface area contributed by atoms with Crippen molar-refractivity contribution in [3.8, 4) is 0 Å². The summed E-state index contributed by atoms with van der Waals surface area (Å²) < 4.78 is 18.5. The first-order chi connectivity index (χ1) is 16.4. The number of carbonyl (C=O) groups excluding carboxylic acids is 2. The van der Waals surface area contributed by atoms with Crippen molar-refractivity contribution in [2.75, 3.05) is 17.6 Å². The van der Waals surface area contributed by atoms with Crippen LogP contribution in [-0.4, -0.2) is 41.3 Å². The zero-order valence-corrected chi connectivity index (χ0v) is 23.9. The third kappa shape index (κ3) is 10.3. The number of ketones is 1. The van der Waals surface area contributed by atoms with E-state index in [1.807, 2.05) is 13.8 Å². The predicted octanol–water partition coefficient (Wildman–Crippen LogP) is 7.19. The van der Waals surface area contributed by atoms with Gasteiger partial charge in [-0.15, -0.1) is 0 Å². The van der Waals surface area contributed by atoms with Gasteiger partial charge in [-0.05, 0) is 57.8 Å². The van der Waals surface area contributed by atoms with Crippen molar-refractivity contribution >= 4 is 34.3 Å². The summed E-state index contributed by atoms with van der Waals surface area (Å²) in [6.07, 6.45) is 16.9. The third-order valence-corrected chi connectivity index (χ3v) is 8.34. The molecule has 0 aromatic carbocycles. The highest BCUT2D eigenvalue weighted by atomic mass is 127. The molecule has 0 aromatic rings. The maximum atomic E-state index is 12.9. The molecule has 5 nitrogen and oxygen atoms in total. The summed E-state index contributed by atoms with van der Waals surface area (Å²) >= 11 is 2.45. The second kappa shape index (κ2) is 16.3. The molecule has 196 valence electrons. The van der Waals surface area contributed by atoms with E-state index in [9.17, 15) is 9.59 Å². The van der Waals surface area contributed by atoms with Gasteiger partial charge in [-0.2, -0.15) is 0 Å². The summed E-state index contributed by atoms with van der Waals surface area (Å²) in [6, 6.07) is 0. The van der Waals surface area contributed by atoms with Gasteiger partial charge in [-0.1, -0.05) is 67.3 Å². The van der Waals surface area contributed by atoms with E-state index in [0.29, 0.717) is 43.7 Å². The van der Waals surface area contributed by atoms with E-state index in [1.54, 1.807) is 0 Å². The van der Waals surface area contributed by atoms with Gasteiger partial charge in [-0.25, -0.2) is 0 Å². The summed E-state index contributed by atoms with van der Waals surface area (Å²) in [4.78, 5) is 24.5. The quantitative estimate of drug-likeness (QED) is 0.0590.